The molecule has 4 N–H and O–H groups in total. The minimum absolute atomic E-state index is 0.00428. The zero-order valence-corrected chi connectivity index (χ0v) is 42.0. The van der Waals surface area contributed by atoms with Crippen LogP contribution in [0.2, 0.25) is 0 Å². The molecule has 3 aliphatic heterocycles. The predicted octanol–water partition coefficient (Wildman–Crippen LogP) is 8.89. The fourth-order valence-corrected chi connectivity index (χ4v) is 12.1. The van der Waals surface area contributed by atoms with Gasteiger partial charge in [0.1, 0.15) is 40.2 Å². The molecule has 2 saturated heterocycles. The molecule has 0 radical (unpaired) electrons. The minimum atomic E-state index is -0.772. The number of nitrogens with one attached hydrogen (secondary N) is 4. The Balaban J connectivity index is 0.981. The Morgan fingerprint density at radius 3 is 1.96 bits per heavy atom. The van der Waals surface area contributed by atoms with E-state index in [4.69, 9.17) is 24.2 Å². The lowest BCUT2D eigenvalue weighted by molar-refractivity contribution is -0.756. The number of imidazole rings is 2. The zero-order valence-electron chi connectivity index (χ0n) is 41.2. The molecule has 4 amide bonds. The van der Waals surface area contributed by atoms with E-state index in [9.17, 15) is 19.2 Å². The lowest BCUT2D eigenvalue weighted by atomic mass is 10.0. The lowest BCUT2D eigenvalue weighted by Gasteiger charge is -2.30. The Labute approximate surface area is 415 Å². The third-order valence-corrected chi connectivity index (χ3v) is 15.9. The van der Waals surface area contributed by atoms with Gasteiger partial charge >= 0.3 is 12.2 Å². The summed E-state index contributed by atoms with van der Waals surface area (Å²) in [5.74, 6) is 0.454. The van der Waals surface area contributed by atoms with Gasteiger partial charge < -0.3 is 44.6 Å². The van der Waals surface area contributed by atoms with E-state index in [1.165, 1.54) is 33.1 Å². The molecule has 17 nitrogen and oxygen atoms in total. The summed E-state index contributed by atoms with van der Waals surface area (Å²) in [5, 5.41) is 6.29. The molecule has 374 valence electrons. The van der Waals surface area contributed by atoms with E-state index in [1.807, 2.05) is 52.0 Å². The number of amides is 4. The van der Waals surface area contributed by atoms with Crippen molar-refractivity contribution in [2.24, 2.45) is 11.8 Å². The fraction of sp³-hybridized carbons (Fsp3) is 0.481. The number of aromatic nitrogens is 6. The number of nitrogens with zero attached hydrogens (tertiary/aromatic N) is 6. The number of fused-ring (bicyclic) bond motifs is 5. The van der Waals surface area contributed by atoms with Gasteiger partial charge in [0.15, 0.2) is 11.7 Å². The Bertz CT molecular complexity index is 3010. The van der Waals surface area contributed by atoms with Crippen LogP contribution in [0.15, 0.2) is 60.5 Å². The first-order chi connectivity index (χ1) is 34.2. The number of alkyl carbamates (subject to hydrolysis) is 2. The molecular weight excluding hydrogens is 928 g/mol. The van der Waals surface area contributed by atoms with Crippen LogP contribution >= 0.6 is 11.3 Å². The van der Waals surface area contributed by atoms with Crippen molar-refractivity contribution in [2.45, 2.75) is 122 Å². The van der Waals surface area contributed by atoms with Crippen LogP contribution in [-0.2, 0) is 24.6 Å². The maximum atomic E-state index is 17.0. The van der Waals surface area contributed by atoms with Gasteiger partial charge in [0.2, 0.25) is 23.6 Å². The molecule has 0 bridgehead atoms. The molecule has 10 rings (SSSR count). The molecule has 6 aromatic rings. The first-order valence-electron chi connectivity index (χ1n) is 24.7. The molecule has 5 atom stereocenters. The normalized spacial score (nSPS) is 20.2. The van der Waals surface area contributed by atoms with Gasteiger partial charge in [-0.1, -0.05) is 45.1 Å². The monoisotopic (exact) mass is 989 g/mol. The summed E-state index contributed by atoms with van der Waals surface area (Å²) < 4.78 is 38.1. The molecular formula is C52H62FN10O7S+. The second kappa shape index (κ2) is 19.1. The van der Waals surface area contributed by atoms with E-state index in [0.717, 1.165) is 59.1 Å². The van der Waals surface area contributed by atoms with Crippen LogP contribution in [0.25, 0.3) is 44.7 Å². The Morgan fingerprint density at radius 1 is 0.817 bits per heavy atom. The van der Waals surface area contributed by atoms with Crippen molar-refractivity contribution in [1.82, 2.24) is 44.9 Å². The number of hydrogen-bond donors (Lipinski definition) is 4. The predicted molar refractivity (Wildman–Crippen MR) is 264 cm³/mol. The number of thiazole rings is 1. The van der Waals surface area contributed by atoms with Gasteiger partial charge in [-0.25, -0.2) is 23.9 Å². The number of H-pyrrole nitrogens is 2. The highest BCUT2D eigenvalue weighted by Crippen LogP contribution is 2.48. The molecule has 4 aromatic heterocycles. The van der Waals surface area contributed by atoms with E-state index < -0.39 is 36.3 Å². The number of rotatable bonds is 12. The summed E-state index contributed by atoms with van der Waals surface area (Å²) in [7, 11) is 2.55. The van der Waals surface area contributed by atoms with Crippen LogP contribution in [0, 0.1) is 17.7 Å². The number of benzene rings is 2. The van der Waals surface area contributed by atoms with Gasteiger partial charge in [0, 0.05) is 49.4 Å². The third kappa shape index (κ3) is 8.79. The molecule has 1 aliphatic carbocycles. The van der Waals surface area contributed by atoms with Crippen LogP contribution in [0.4, 0.5) is 14.0 Å². The zero-order chi connectivity index (χ0) is 49.9. The Morgan fingerprint density at radius 2 is 1.39 bits per heavy atom. The highest BCUT2D eigenvalue weighted by molar-refractivity contribution is 7.09. The number of ether oxygens (including phenoxy) is 3. The number of halogens is 1. The van der Waals surface area contributed by atoms with E-state index >= 15 is 4.39 Å². The Kier molecular flexibility index (Phi) is 12.9. The standard InChI is InChI=1S/C52H61FN10O7S/c1-28(2)43(58-50(66)68-6)47(64)61-18-10-12-37(61)45-54-24-34(56-45)30-14-15-36-32(20-30)22-39-42-33(53)21-31(23-40(42)70-49(63(36)39)41-26-60(27-71-41)52(5)16-8-9-17-52)35-25-55-46(57-35)38-13-11-19-62(38)48(65)44(29(3)4)59-51(67)69-7/h14-15,20-29,37-38,43-44,49H,8-13,16-19H2,1-7H3,(H3-,54,55,56,57,58,59,66,67)/p+1/t37-,38-,43-,44-,49?/m0/s1. The minimum Gasteiger partial charge on any atom is -0.464 e. The quantitative estimate of drug-likeness (QED) is 0.0867. The van der Waals surface area contributed by atoms with Crippen LogP contribution < -0.4 is 19.9 Å². The SMILES string of the molecule is COC(=O)N[C@H](C(=O)N1CCC[C@H]1c1ncc(-c2cc(F)c3c(c2)OC(c2c[n+](C4(C)CCCC4)cs2)n2c-3cc3cc(-c4cnc([C@@H]5CCCN5C(=O)[C@@H](NC(=O)OC)C(C)C)[nH]4)ccc32)[nH]1)C(C)C. The van der Waals surface area contributed by atoms with Crippen molar-refractivity contribution in [3.05, 3.63) is 82.8 Å². The second-order valence-corrected chi connectivity index (χ2v) is 21.2. The topological polar surface area (TPSA) is 193 Å². The van der Waals surface area contributed by atoms with Gasteiger partial charge in [-0.2, -0.15) is 4.57 Å². The summed E-state index contributed by atoms with van der Waals surface area (Å²) in [6, 6.07) is 9.34. The van der Waals surface area contributed by atoms with Crippen molar-refractivity contribution in [3.8, 4) is 39.5 Å². The molecule has 7 heterocycles. The van der Waals surface area contributed by atoms with Crippen molar-refractivity contribution in [1.29, 1.82) is 0 Å². The Hall–Kier alpha value is -6.76. The van der Waals surface area contributed by atoms with E-state index in [0.29, 0.717) is 59.4 Å². The van der Waals surface area contributed by atoms with E-state index in [1.54, 1.807) is 33.5 Å². The fourth-order valence-electron chi connectivity index (χ4n) is 11.1. The van der Waals surface area contributed by atoms with Crippen LogP contribution in [0.3, 0.4) is 0 Å². The number of carbonyl (C=O) groups excluding carboxylic acids is 4. The average molecular weight is 990 g/mol. The van der Waals surface area contributed by atoms with E-state index in [-0.39, 0.29) is 41.3 Å². The molecule has 0 spiro atoms. The highest BCUT2D eigenvalue weighted by atomic mass is 32.1. The smallest absolute Gasteiger partial charge is 0.407 e. The molecule has 3 fully saturated rings. The largest absolute Gasteiger partial charge is 0.464 e. The van der Waals surface area contributed by atoms with Gasteiger partial charge in [0.05, 0.1) is 66.9 Å². The number of methoxy groups -OCH3 is 2. The van der Waals surface area contributed by atoms with Gasteiger partial charge in [-0.3, -0.25) is 14.2 Å². The third-order valence-electron chi connectivity index (χ3n) is 15.0. The van der Waals surface area contributed by atoms with Gasteiger partial charge in [-0.05, 0) is 80.7 Å². The first-order valence-corrected chi connectivity index (χ1v) is 25.6. The summed E-state index contributed by atoms with van der Waals surface area (Å²) >= 11 is 1.63. The maximum Gasteiger partial charge on any atom is 0.407 e. The van der Waals surface area contributed by atoms with Crippen molar-refractivity contribution >= 4 is 46.2 Å². The van der Waals surface area contributed by atoms with Crippen LogP contribution in [-0.4, -0.2) is 97.7 Å². The maximum absolute atomic E-state index is 17.0. The second-order valence-electron chi connectivity index (χ2n) is 20.3. The number of aromatic amines is 2. The van der Waals surface area contributed by atoms with Crippen molar-refractivity contribution < 1.29 is 42.3 Å². The first kappa shape index (κ1) is 47.9. The highest BCUT2D eigenvalue weighted by Gasteiger charge is 2.42. The molecule has 19 heteroatoms. The van der Waals surface area contributed by atoms with E-state index in [2.05, 4.69) is 54.4 Å². The number of hydrogen-bond acceptors (Lipinski definition) is 10. The van der Waals surface area contributed by atoms with Crippen LogP contribution in [0.5, 0.6) is 5.75 Å². The summed E-state index contributed by atoms with van der Waals surface area (Å²) in [6.45, 7) is 10.9. The molecule has 2 aromatic carbocycles. The summed E-state index contributed by atoms with van der Waals surface area (Å²) in [4.78, 5) is 73.0. The number of likely N-dealkylation sites (tertiary alicyclic amines) is 2. The van der Waals surface area contributed by atoms with Crippen molar-refractivity contribution in [2.75, 3.05) is 27.3 Å². The number of carbonyl (C=O) groups is 4. The average Bonchev–Trinajstić information content (AvgIpc) is 4.22. The van der Waals surface area contributed by atoms with Crippen LogP contribution in [0.1, 0.15) is 121 Å². The summed E-state index contributed by atoms with van der Waals surface area (Å²) in [6.07, 6.45) is 11.2. The molecule has 71 heavy (non-hydrogen) atoms. The van der Waals surface area contributed by atoms with Gasteiger partial charge in [0.25, 0.3) is 0 Å². The van der Waals surface area contributed by atoms with Gasteiger partial charge in [-0.15, -0.1) is 0 Å². The molecule has 4 aliphatic rings. The van der Waals surface area contributed by atoms with Crippen molar-refractivity contribution in [3.63, 3.8) is 0 Å². The molecule has 1 saturated carbocycles. The summed E-state index contributed by atoms with van der Waals surface area (Å²) in [5.41, 5.74) is 6.84. The lowest BCUT2D eigenvalue weighted by Crippen LogP contribution is -2.51. The molecule has 1 unspecified atom stereocenters.